The molecule has 0 saturated carbocycles. The van der Waals surface area contributed by atoms with E-state index >= 15 is 0 Å². The van der Waals surface area contributed by atoms with Crippen molar-refractivity contribution >= 4 is 35.1 Å². The van der Waals surface area contributed by atoms with Gasteiger partial charge in [-0.3, -0.25) is 4.79 Å². The van der Waals surface area contributed by atoms with Crippen molar-refractivity contribution in [1.82, 2.24) is 20.1 Å². The highest BCUT2D eigenvalue weighted by Crippen LogP contribution is 2.19. The van der Waals surface area contributed by atoms with E-state index in [-0.39, 0.29) is 5.91 Å². The molecule has 0 bridgehead atoms. The molecule has 0 aliphatic carbocycles. The number of anilines is 3. The summed E-state index contributed by atoms with van der Waals surface area (Å²) in [6.07, 6.45) is 3.84. The number of hydrogen-bond acceptors (Lipinski definition) is 7. The Morgan fingerprint density at radius 1 is 0.933 bits per heavy atom. The number of benzene rings is 1. The van der Waals surface area contributed by atoms with Crippen LogP contribution in [0.2, 0.25) is 0 Å². The van der Waals surface area contributed by atoms with E-state index in [2.05, 4.69) is 25.4 Å². The van der Waals surface area contributed by atoms with Crippen molar-refractivity contribution in [3.05, 3.63) is 65.9 Å². The van der Waals surface area contributed by atoms with Crippen LogP contribution in [0, 0.1) is 6.92 Å². The van der Waals surface area contributed by atoms with E-state index in [1.165, 1.54) is 0 Å². The first kappa shape index (κ1) is 20.2. The molecule has 3 heterocycles. The normalized spacial score (nSPS) is 13.9. The van der Waals surface area contributed by atoms with Gasteiger partial charge in [0.2, 0.25) is 0 Å². The molecule has 1 saturated heterocycles. The van der Waals surface area contributed by atoms with Crippen LogP contribution < -0.4 is 10.2 Å². The van der Waals surface area contributed by atoms with E-state index in [0.717, 1.165) is 40.7 Å². The Morgan fingerprint density at radius 3 is 2.27 bits per heavy atom. The molecule has 8 heteroatoms. The number of aryl methyl sites for hydroxylation is 1. The monoisotopic (exact) mass is 420 g/mol. The topological polar surface area (TPSA) is 74.2 Å². The molecule has 1 N–H and O–H groups in total. The maximum atomic E-state index is 12.7. The maximum Gasteiger partial charge on any atom is 0.253 e. The number of aromatic nitrogens is 3. The second-order valence-electron chi connectivity index (χ2n) is 7.13. The van der Waals surface area contributed by atoms with Gasteiger partial charge in [-0.1, -0.05) is 6.07 Å². The van der Waals surface area contributed by atoms with Crippen LogP contribution in [-0.4, -0.2) is 58.4 Å². The summed E-state index contributed by atoms with van der Waals surface area (Å²) in [4.78, 5) is 22.3. The SMILES string of the molecule is CSc1ccc(C(=O)N2CCN(c3ccc(Nc4ccc(C)cn4)nn3)CC2)cc1. The van der Waals surface area contributed by atoms with Crippen LogP contribution in [0.25, 0.3) is 0 Å². The lowest BCUT2D eigenvalue weighted by Gasteiger charge is -2.35. The summed E-state index contributed by atoms with van der Waals surface area (Å²) in [5.74, 6) is 2.28. The lowest BCUT2D eigenvalue weighted by atomic mass is 10.2. The van der Waals surface area contributed by atoms with Crippen LogP contribution in [0.3, 0.4) is 0 Å². The predicted octanol–water partition coefficient (Wildman–Crippen LogP) is 3.61. The molecular weight excluding hydrogens is 396 g/mol. The van der Waals surface area contributed by atoms with Crippen LogP contribution in [0.4, 0.5) is 17.5 Å². The van der Waals surface area contributed by atoms with E-state index in [1.807, 2.05) is 72.8 Å². The zero-order valence-electron chi connectivity index (χ0n) is 17.1. The van der Waals surface area contributed by atoms with Crippen molar-refractivity contribution in [3.63, 3.8) is 0 Å². The maximum absolute atomic E-state index is 12.7. The van der Waals surface area contributed by atoms with E-state index in [0.29, 0.717) is 18.9 Å². The molecule has 2 aromatic heterocycles. The number of carbonyl (C=O) groups excluding carboxylic acids is 1. The van der Waals surface area contributed by atoms with E-state index in [4.69, 9.17) is 0 Å². The van der Waals surface area contributed by atoms with Crippen LogP contribution in [0.15, 0.2) is 59.6 Å². The summed E-state index contributed by atoms with van der Waals surface area (Å²) in [6.45, 7) is 4.79. The van der Waals surface area contributed by atoms with Gasteiger partial charge in [-0.15, -0.1) is 22.0 Å². The third-order valence-electron chi connectivity index (χ3n) is 5.05. The summed E-state index contributed by atoms with van der Waals surface area (Å²) >= 11 is 1.67. The summed E-state index contributed by atoms with van der Waals surface area (Å²) in [5.41, 5.74) is 1.85. The lowest BCUT2D eigenvalue weighted by Crippen LogP contribution is -2.49. The molecule has 1 aromatic carbocycles. The minimum Gasteiger partial charge on any atom is -0.352 e. The molecule has 1 aliphatic heterocycles. The van der Waals surface area contributed by atoms with Crippen molar-refractivity contribution < 1.29 is 4.79 Å². The summed E-state index contributed by atoms with van der Waals surface area (Å²) in [6, 6.07) is 15.5. The van der Waals surface area contributed by atoms with Gasteiger partial charge in [-0.2, -0.15) is 0 Å². The summed E-state index contributed by atoms with van der Waals surface area (Å²) < 4.78 is 0. The molecule has 1 fully saturated rings. The highest BCUT2D eigenvalue weighted by atomic mass is 32.2. The second kappa shape index (κ2) is 9.13. The Kier molecular flexibility index (Phi) is 6.13. The van der Waals surface area contributed by atoms with E-state index in [9.17, 15) is 4.79 Å². The molecule has 1 aliphatic rings. The number of thioether (sulfide) groups is 1. The van der Waals surface area contributed by atoms with E-state index in [1.54, 1.807) is 11.8 Å². The van der Waals surface area contributed by atoms with Gasteiger partial charge in [0, 0.05) is 42.8 Å². The third-order valence-corrected chi connectivity index (χ3v) is 5.79. The number of amides is 1. The largest absolute Gasteiger partial charge is 0.352 e. The number of pyridine rings is 1. The van der Waals surface area contributed by atoms with Crippen molar-refractivity contribution in [1.29, 1.82) is 0 Å². The molecule has 0 spiro atoms. The van der Waals surface area contributed by atoms with Crippen molar-refractivity contribution in [2.75, 3.05) is 42.7 Å². The Balaban J connectivity index is 1.33. The third kappa shape index (κ3) is 4.71. The number of carbonyl (C=O) groups is 1. The fourth-order valence-corrected chi connectivity index (χ4v) is 3.70. The quantitative estimate of drug-likeness (QED) is 0.632. The number of nitrogens with one attached hydrogen (secondary N) is 1. The van der Waals surface area contributed by atoms with Crippen molar-refractivity contribution in [2.45, 2.75) is 11.8 Å². The zero-order valence-corrected chi connectivity index (χ0v) is 17.9. The van der Waals surface area contributed by atoms with Gasteiger partial charge in [-0.05, 0) is 61.2 Å². The minimum absolute atomic E-state index is 0.0820. The summed E-state index contributed by atoms with van der Waals surface area (Å²) in [5, 5.41) is 11.8. The van der Waals surface area contributed by atoms with Crippen molar-refractivity contribution in [3.8, 4) is 0 Å². The van der Waals surface area contributed by atoms with E-state index < -0.39 is 0 Å². The minimum atomic E-state index is 0.0820. The first-order valence-corrected chi connectivity index (χ1v) is 11.1. The summed E-state index contributed by atoms with van der Waals surface area (Å²) in [7, 11) is 0. The van der Waals surface area contributed by atoms with Gasteiger partial charge in [0.05, 0.1) is 0 Å². The first-order chi connectivity index (χ1) is 14.6. The van der Waals surface area contributed by atoms with Crippen LogP contribution in [0.1, 0.15) is 15.9 Å². The Labute approximate surface area is 180 Å². The van der Waals surface area contributed by atoms with Gasteiger partial charge in [0.1, 0.15) is 5.82 Å². The molecule has 0 radical (unpaired) electrons. The Hall–Kier alpha value is -3.13. The molecule has 3 aromatic rings. The molecule has 7 nitrogen and oxygen atoms in total. The van der Waals surface area contributed by atoms with Crippen LogP contribution in [0.5, 0.6) is 0 Å². The molecule has 1 amide bonds. The van der Waals surface area contributed by atoms with Gasteiger partial charge in [-0.25, -0.2) is 4.98 Å². The Bertz CT molecular complexity index is 984. The first-order valence-electron chi connectivity index (χ1n) is 9.84. The number of piperazine rings is 1. The van der Waals surface area contributed by atoms with Gasteiger partial charge < -0.3 is 15.1 Å². The standard InChI is InChI=1S/C22H24N6OS/c1-16-3-8-19(23-15-16)24-20-9-10-21(26-25-20)27-11-13-28(14-12-27)22(29)17-4-6-18(30-2)7-5-17/h3-10,15H,11-14H2,1-2H3,(H,23,24,25). The van der Waals surface area contributed by atoms with Gasteiger partial charge >= 0.3 is 0 Å². The lowest BCUT2D eigenvalue weighted by molar-refractivity contribution is 0.0746. The number of hydrogen-bond donors (Lipinski definition) is 1. The number of nitrogens with zero attached hydrogens (tertiary/aromatic N) is 5. The average molecular weight is 421 g/mol. The average Bonchev–Trinajstić information content (AvgIpc) is 2.81. The molecular formula is C22H24N6OS. The zero-order chi connectivity index (χ0) is 20.9. The smallest absolute Gasteiger partial charge is 0.253 e. The van der Waals surface area contributed by atoms with Crippen LogP contribution in [-0.2, 0) is 0 Å². The fraction of sp³-hybridized carbons (Fsp3) is 0.273. The second-order valence-corrected chi connectivity index (χ2v) is 8.01. The van der Waals surface area contributed by atoms with Gasteiger partial charge in [0.15, 0.2) is 11.6 Å². The van der Waals surface area contributed by atoms with Crippen LogP contribution >= 0.6 is 11.8 Å². The highest BCUT2D eigenvalue weighted by Gasteiger charge is 2.23. The molecule has 0 unspecified atom stereocenters. The molecule has 4 rings (SSSR count). The fourth-order valence-electron chi connectivity index (χ4n) is 3.29. The molecule has 30 heavy (non-hydrogen) atoms. The van der Waals surface area contributed by atoms with Gasteiger partial charge in [0.25, 0.3) is 5.91 Å². The predicted molar refractivity (Wildman–Crippen MR) is 121 cm³/mol. The number of rotatable bonds is 5. The van der Waals surface area contributed by atoms with Crippen molar-refractivity contribution in [2.24, 2.45) is 0 Å². The highest BCUT2D eigenvalue weighted by molar-refractivity contribution is 7.98. The molecule has 154 valence electrons. The Morgan fingerprint density at radius 2 is 1.67 bits per heavy atom. The molecule has 0 atom stereocenters.